The predicted molar refractivity (Wildman–Crippen MR) is 133 cm³/mol. The van der Waals surface area contributed by atoms with E-state index >= 15 is 8.78 Å². The maximum atomic E-state index is 15.9. The van der Waals surface area contributed by atoms with Crippen molar-refractivity contribution < 1.29 is 17.6 Å². The molecule has 0 amide bonds. The van der Waals surface area contributed by atoms with Gasteiger partial charge in [0.2, 0.25) is 0 Å². The van der Waals surface area contributed by atoms with Gasteiger partial charge < -0.3 is 9.30 Å². The average molecular weight is 512 g/mol. The lowest BCUT2D eigenvalue weighted by Gasteiger charge is -2.32. The van der Waals surface area contributed by atoms with E-state index in [0.717, 1.165) is 0 Å². The van der Waals surface area contributed by atoms with Gasteiger partial charge in [-0.25, -0.2) is 13.5 Å². The van der Waals surface area contributed by atoms with Gasteiger partial charge in [-0.2, -0.15) is 0 Å². The SMILES string of the molecule is [2H]C([2H])([2H])c1nnn(C)c1-c1cnc2c3ccc(Cl)c(F)c3n([C@H](c3ncccc3F)C3CCOCC3)c2c1. The Kier molecular flexibility index (Phi) is 4.88. The number of rotatable bonds is 4. The zero-order valence-corrected chi connectivity index (χ0v) is 20.0. The summed E-state index contributed by atoms with van der Waals surface area (Å²) in [7, 11) is 1.59. The summed E-state index contributed by atoms with van der Waals surface area (Å²) >= 11 is 6.26. The van der Waals surface area contributed by atoms with E-state index in [9.17, 15) is 0 Å². The Balaban J connectivity index is 1.71. The Hall–Kier alpha value is -3.43. The topological polar surface area (TPSA) is 70.7 Å². The molecule has 184 valence electrons. The van der Waals surface area contributed by atoms with Crippen LogP contribution in [0.5, 0.6) is 0 Å². The molecular formula is C26H23ClF2N6O. The second-order valence-corrected chi connectivity index (χ2v) is 9.30. The van der Waals surface area contributed by atoms with Gasteiger partial charge in [-0.3, -0.25) is 9.97 Å². The van der Waals surface area contributed by atoms with Crippen LogP contribution in [0, 0.1) is 24.4 Å². The first kappa shape index (κ1) is 19.7. The summed E-state index contributed by atoms with van der Waals surface area (Å²) in [4.78, 5) is 9.04. The number of benzene rings is 1. The van der Waals surface area contributed by atoms with E-state index in [1.54, 1.807) is 23.7 Å². The average Bonchev–Trinajstić information content (AvgIpc) is 3.46. The number of ether oxygens (including phenoxy) is 1. The van der Waals surface area contributed by atoms with Gasteiger partial charge >= 0.3 is 0 Å². The highest BCUT2D eigenvalue weighted by molar-refractivity contribution is 6.31. The van der Waals surface area contributed by atoms with Gasteiger partial charge in [0.25, 0.3) is 0 Å². The summed E-state index contributed by atoms with van der Waals surface area (Å²) in [5.74, 6) is -1.32. The number of aryl methyl sites for hydroxylation is 2. The Morgan fingerprint density at radius 2 is 2.03 bits per heavy atom. The fourth-order valence-electron chi connectivity index (χ4n) is 5.23. The smallest absolute Gasteiger partial charge is 0.166 e. The Bertz CT molecular complexity index is 1710. The molecule has 7 nitrogen and oxygen atoms in total. The van der Waals surface area contributed by atoms with Crippen LogP contribution in [0.25, 0.3) is 33.2 Å². The molecule has 5 aromatic rings. The molecule has 5 heterocycles. The van der Waals surface area contributed by atoms with Gasteiger partial charge in [-0.15, -0.1) is 5.10 Å². The predicted octanol–water partition coefficient (Wildman–Crippen LogP) is 5.64. The molecule has 4 aromatic heterocycles. The lowest BCUT2D eigenvalue weighted by molar-refractivity contribution is 0.0542. The van der Waals surface area contributed by atoms with Gasteiger partial charge in [-0.1, -0.05) is 16.8 Å². The number of hydrogen-bond acceptors (Lipinski definition) is 5. The van der Waals surface area contributed by atoms with Crippen molar-refractivity contribution in [2.75, 3.05) is 13.2 Å². The van der Waals surface area contributed by atoms with Crippen molar-refractivity contribution in [3.8, 4) is 11.3 Å². The number of halogens is 3. The summed E-state index contributed by atoms with van der Waals surface area (Å²) in [6.07, 6.45) is 4.23. The van der Waals surface area contributed by atoms with Crippen LogP contribution in [0.1, 0.15) is 34.4 Å². The third kappa shape index (κ3) is 3.57. The molecule has 0 N–H and O–H groups in total. The van der Waals surface area contributed by atoms with Crippen molar-refractivity contribution in [2.45, 2.75) is 25.7 Å². The number of pyridine rings is 2. The first-order chi connectivity index (χ1) is 18.7. The van der Waals surface area contributed by atoms with E-state index in [4.69, 9.17) is 20.5 Å². The lowest BCUT2D eigenvalue weighted by Crippen LogP contribution is -2.28. The van der Waals surface area contributed by atoms with Gasteiger partial charge in [0, 0.05) is 47.7 Å². The maximum Gasteiger partial charge on any atom is 0.166 e. The van der Waals surface area contributed by atoms with E-state index in [0.29, 0.717) is 48.0 Å². The first-order valence-corrected chi connectivity index (χ1v) is 11.9. The third-order valence-electron chi connectivity index (χ3n) is 6.85. The highest BCUT2D eigenvalue weighted by Gasteiger charge is 2.34. The zero-order chi connectivity index (χ0) is 27.5. The summed E-state index contributed by atoms with van der Waals surface area (Å²) in [6, 6.07) is 6.99. The van der Waals surface area contributed by atoms with Crippen LogP contribution in [-0.2, 0) is 11.8 Å². The molecule has 0 bridgehead atoms. The minimum atomic E-state index is -2.52. The Morgan fingerprint density at radius 1 is 1.19 bits per heavy atom. The number of aromatic nitrogens is 6. The molecule has 1 aliphatic heterocycles. The molecule has 0 spiro atoms. The highest BCUT2D eigenvalue weighted by Crippen LogP contribution is 2.42. The third-order valence-corrected chi connectivity index (χ3v) is 7.14. The van der Waals surface area contributed by atoms with E-state index in [1.165, 1.54) is 35.3 Å². The highest BCUT2D eigenvalue weighted by atomic mass is 35.5. The van der Waals surface area contributed by atoms with Crippen LogP contribution >= 0.6 is 11.6 Å². The summed E-state index contributed by atoms with van der Waals surface area (Å²) in [5.41, 5.74) is 1.77. The van der Waals surface area contributed by atoms with E-state index in [-0.39, 0.29) is 33.5 Å². The van der Waals surface area contributed by atoms with Crippen molar-refractivity contribution in [3.63, 3.8) is 0 Å². The van der Waals surface area contributed by atoms with Crippen LogP contribution in [0.3, 0.4) is 0 Å². The van der Waals surface area contributed by atoms with Gasteiger partial charge in [-0.05, 0) is 55.9 Å². The Morgan fingerprint density at radius 3 is 2.81 bits per heavy atom. The van der Waals surface area contributed by atoms with Crippen molar-refractivity contribution >= 4 is 33.5 Å². The van der Waals surface area contributed by atoms with E-state index in [2.05, 4.69) is 20.3 Å². The van der Waals surface area contributed by atoms with Crippen LogP contribution in [0.2, 0.25) is 5.02 Å². The molecule has 10 heteroatoms. The van der Waals surface area contributed by atoms with Gasteiger partial charge in [0.05, 0.1) is 44.7 Å². The monoisotopic (exact) mass is 511 g/mol. The molecule has 36 heavy (non-hydrogen) atoms. The number of hydrogen-bond donors (Lipinski definition) is 0. The second kappa shape index (κ2) is 8.90. The van der Waals surface area contributed by atoms with Gasteiger partial charge in [0.15, 0.2) is 5.82 Å². The zero-order valence-electron chi connectivity index (χ0n) is 22.3. The summed E-state index contributed by atoms with van der Waals surface area (Å²) < 4.78 is 63.7. The molecule has 0 unspecified atom stereocenters. The molecule has 1 aromatic carbocycles. The van der Waals surface area contributed by atoms with Crippen LogP contribution in [0.4, 0.5) is 8.78 Å². The normalized spacial score (nSPS) is 17.3. The summed E-state index contributed by atoms with van der Waals surface area (Å²) in [5, 5.41) is 8.19. The van der Waals surface area contributed by atoms with Crippen LogP contribution < -0.4 is 0 Å². The maximum absolute atomic E-state index is 15.9. The van der Waals surface area contributed by atoms with Gasteiger partial charge in [0.1, 0.15) is 5.82 Å². The fourth-order valence-corrected chi connectivity index (χ4v) is 5.39. The van der Waals surface area contributed by atoms with Crippen LogP contribution in [-0.4, -0.2) is 42.7 Å². The first-order valence-electron chi connectivity index (χ1n) is 13.0. The standard InChI is InChI=1S/C26H23ClF2N6O/c1-14-24(34(2)33-32-14)16-12-20-22(31-13-16)17-5-6-18(27)21(29)26(17)35(20)25(15-7-10-36-11-8-15)23-19(28)4-3-9-30-23/h3-6,9,12-13,15,25H,7-8,10-11H2,1-2H3/t25-/m0/s1/i1D3. The molecule has 0 radical (unpaired) electrons. The van der Waals surface area contributed by atoms with Crippen molar-refractivity contribution in [1.82, 2.24) is 29.5 Å². The fraction of sp³-hybridized carbons (Fsp3) is 0.308. The lowest BCUT2D eigenvalue weighted by atomic mass is 9.88. The minimum Gasteiger partial charge on any atom is -0.381 e. The molecule has 1 fully saturated rings. The quantitative estimate of drug-likeness (QED) is 0.312. The molecule has 0 aliphatic carbocycles. The van der Waals surface area contributed by atoms with E-state index < -0.39 is 24.5 Å². The largest absolute Gasteiger partial charge is 0.381 e. The second-order valence-electron chi connectivity index (χ2n) is 8.89. The number of nitrogens with zero attached hydrogens (tertiary/aromatic N) is 6. The molecule has 1 aliphatic rings. The molecule has 1 atom stereocenters. The van der Waals surface area contributed by atoms with E-state index in [1.807, 2.05) is 0 Å². The molecule has 1 saturated heterocycles. The van der Waals surface area contributed by atoms with Crippen molar-refractivity contribution in [1.29, 1.82) is 0 Å². The van der Waals surface area contributed by atoms with Crippen LogP contribution in [0.15, 0.2) is 42.7 Å². The molecule has 6 rings (SSSR count). The number of fused-ring (bicyclic) bond motifs is 3. The molecule has 0 saturated carbocycles. The van der Waals surface area contributed by atoms with Crippen molar-refractivity contribution in [3.05, 3.63) is 70.8 Å². The Labute approximate surface area is 214 Å². The minimum absolute atomic E-state index is 0.0838. The summed E-state index contributed by atoms with van der Waals surface area (Å²) in [6.45, 7) is -1.57. The van der Waals surface area contributed by atoms with Crippen molar-refractivity contribution in [2.24, 2.45) is 13.0 Å². The molecular weight excluding hydrogens is 486 g/mol.